The second-order valence-corrected chi connectivity index (χ2v) is 2.73. The van der Waals surface area contributed by atoms with Crippen LogP contribution in [0, 0.1) is 0 Å². The molecule has 1 unspecified atom stereocenters. The van der Waals surface area contributed by atoms with Crippen molar-refractivity contribution in [2.24, 2.45) is 0 Å². The van der Waals surface area contributed by atoms with Gasteiger partial charge in [-0.15, -0.1) is 6.58 Å². The third-order valence-corrected chi connectivity index (χ3v) is 1.49. The summed E-state index contributed by atoms with van der Waals surface area (Å²) >= 11 is 0. The van der Waals surface area contributed by atoms with Gasteiger partial charge in [0.15, 0.2) is 0 Å². The van der Waals surface area contributed by atoms with E-state index in [4.69, 9.17) is 9.84 Å². The van der Waals surface area contributed by atoms with Crippen LogP contribution in [0.15, 0.2) is 12.7 Å². The Hall–Kier alpha value is -0.420. The smallest absolute Gasteiger partial charge is 0.0785 e. The van der Waals surface area contributed by atoms with E-state index in [1.54, 1.807) is 6.08 Å². The molecule has 0 bridgehead atoms. The van der Waals surface area contributed by atoms with Gasteiger partial charge in [-0.1, -0.05) is 6.08 Å². The van der Waals surface area contributed by atoms with Gasteiger partial charge in [0, 0.05) is 6.54 Å². The second-order valence-electron chi connectivity index (χ2n) is 2.73. The van der Waals surface area contributed by atoms with E-state index in [9.17, 15) is 5.11 Å². The van der Waals surface area contributed by atoms with Crippen molar-refractivity contribution in [1.82, 2.24) is 5.32 Å². The first kappa shape index (κ1) is 12.6. The molecule has 0 fully saturated rings. The summed E-state index contributed by atoms with van der Waals surface area (Å²) in [6.45, 7) is 5.64. The van der Waals surface area contributed by atoms with E-state index in [-0.39, 0.29) is 19.8 Å². The molecule has 3 N–H and O–H groups in total. The molecule has 0 aliphatic carbocycles. The van der Waals surface area contributed by atoms with Crippen molar-refractivity contribution in [2.45, 2.75) is 12.5 Å². The van der Waals surface area contributed by atoms with Gasteiger partial charge in [-0.25, -0.2) is 0 Å². The van der Waals surface area contributed by atoms with E-state index in [1.165, 1.54) is 0 Å². The first-order valence-corrected chi connectivity index (χ1v) is 4.49. The highest BCUT2D eigenvalue weighted by molar-refractivity contribution is 4.70. The zero-order chi connectivity index (χ0) is 9.94. The fraction of sp³-hybridized carbons (Fsp3) is 0.778. The van der Waals surface area contributed by atoms with Gasteiger partial charge >= 0.3 is 0 Å². The lowest BCUT2D eigenvalue weighted by Gasteiger charge is -2.10. The molecule has 0 saturated heterocycles. The summed E-state index contributed by atoms with van der Waals surface area (Å²) in [7, 11) is 0. The van der Waals surface area contributed by atoms with Crippen molar-refractivity contribution in [3.63, 3.8) is 0 Å². The van der Waals surface area contributed by atoms with Crippen molar-refractivity contribution in [3.8, 4) is 0 Å². The highest BCUT2D eigenvalue weighted by Crippen LogP contribution is 1.90. The molecule has 0 aliphatic heterocycles. The Kier molecular flexibility index (Phi) is 9.35. The van der Waals surface area contributed by atoms with Gasteiger partial charge in [-0.2, -0.15) is 0 Å². The maximum absolute atomic E-state index is 9.30. The molecule has 0 amide bonds. The lowest BCUT2D eigenvalue weighted by atomic mass is 10.2. The van der Waals surface area contributed by atoms with E-state index in [2.05, 4.69) is 11.9 Å². The highest BCUT2D eigenvalue weighted by Gasteiger charge is 2.02. The van der Waals surface area contributed by atoms with Crippen molar-refractivity contribution >= 4 is 0 Å². The van der Waals surface area contributed by atoms with Crippen LogP contribution in [0.1, 0.15) is 6.42 Å². The van der Waals surface area contributed by atoms with Crippen LogP contribution in [0.3, 0.4) is 0 Å². The van der Waals surface area contributed by atoms with Crippen LogP contribution in [0.4, 0.5) is 0 Å². The van der Waals surface area contributed by atoms with Crippen molar-refractivity contribution in [2.75, 3.05) is 32.9 Å². The minimum atomic E-state index is -0.455. The van der Waals surface area contributed by atoms with Crippen LogP contribution in [-0.2, 0) is 4.74 Å². The summed E-state index contributed by atoms with van der Waals surface area (Å²) in [4.78, 5) is 0. The topological polar surface area (TPSA) is 61.7 Å². The fourth-order valence-electron chi connectivity index (χ4n) is 0.840. The van der Waals surface area contributed by atoms with Crippen molar-refractivity contribution < 1.29 is 14.9 Å². The van der Waals surface area contributed by atoms with Crippen LogP contribution in [0.25, 0.3) is 0 Å². The van der Waals surface area contributed by atoms with Gasteiger partial charge in [0.05, 0.1) is 25.9 Å². The minimum absolute atomic E-state index is 0.00142. The Morgan fingerprint density at radius 3 is 2.92 bits per heavy atom. The maximum Gasteiger partial charge on any atom is 0.0785 e. The molecule has 0 aromatic carbocycles. The molecule has 0 saturated carbocycles. The predicted molar refractivity (Wildman–Crippen MR) is 51.6 cm³/mol. The molecule has 0 spiro atoms. The van der Waals surface area contributed by atoms with Crippen molar-refractivity contribution in [3.05, 3.63) is 12.7 Å². The predicted octanol–water partition coefficient (Wildman–Crippen LogP) is -0.478. The molecular weight excluding hydrogens is 170 g/mol. The summed E-state index contributed by atoms with van der Waals surface area (Å²) in [5, 5.41) is 20.8. The SMILES string of the molecule is C=CCNCCC(O)COCCO. The van der Waals surface area contributed by atoms with E-state index in [0.29, 0.717) is 6.42 Å². The van der Waals surface area contributed by atoms with Crippen LogP contribution < -0.4 is 5.32 Å². The molecule has 0 heterocycles. The lowest BCUT2D eigenvalue weighted by Crippen LogP contribution is -2.24. The minimum Gasteiger partial charge on any atom is -0.394 e. The van der Waals surface area contributed by atoms with Crippen LogP contribution in [0.2, 0.25) is 0 Å². The molecule has 1 atom stereocenters. The summed E-state index contributed by atoms with van der Waals surface area (Å²) in [5.41, 5.74) is 0. The van der Waals surface area contributed by atoms with Gasteiger partial charge in [0.1, 0.15) is 0 Å². The van der Waals surface area contributed by atoms with E-state index >= 15 is 0 Å². The quantitative estimate of drug-likeness (QED) is 0.339. The summed E-state index contributed by atoms with van der Waals surface area (Å²) < 4.78 is 4.95. The monoisotopic (exact) mass is 189 g/mol. The Labute approximate surface area is 79.2 Å². The largest absolute Gasteiger partial charge is 0.394 e. The molecule has 78 valence electrons. The number of hydrogen-bond donors (Lipinski definition) is 3. The number of ether oxygens (including phenoxy) is 1. The van der Waals surface area contributed by atoms with Gasteiger partial charge in [-0.3, -0.25) is 0 Å². The summed E-state index contributed by atoms with van der Waals surface area (Å²) in [6.07, 6.45) is 1.97. The number of rotatable bonds is 9. The van der Waals surface area contributed by atoms with E-state index < -0.39 is 6.10 Å². The molecule has 0 aromatic rings. The first-order chi connectivity index (χ1) is 6.31. The number of aliphatic hydroxyl groups excluding tert-OH is 2. The zero-order valence-electron chi connectivity index (χ0n) is 7.91. The fourth-order valence-corrected chi connectivity index (χ4v) is 0.840. The Balaban J connectivity index is 3.09. The molecule has 0 aromatic heterocycles. The first-order valence-electron chi connectivity index (χ1n) is 4.49. The van der Waals surface area contributed by atoms with Crippen molar-refractivity contribution in [1.29, 1.82) is 0 Å². The standard InChI is InChI=1S/C9H19NO3/c1-2-4-10-5-3-9(12)8-13-7-6-11/h2,9-12H,1,3-8H2. The molecule has 0 rings (SSSR count). The Morgan fingerprint density at radius 2 is 2.31 bits per heavy atom. The van der Waals surface area contributed by atoms with E-state index in [1.807, 2.05) is 0 Å². The van der Waals surface area contributed by atoms with Gasteiger partial charge in [0.2, 0.25) is 0 Å². The molecule has 4 heteroatoms. The van der Waals surface area contributed by atoms with Gasteiger partial charge in [-0.05, 0) is 13.0 Å². The maximum atomic E-state index is 9.30. The third-order valence-electron chi connectivity index (χ3n) is 1.49. The Morgan fingerprint density at radius 1 is 1.54 bits per heavy atom. The summed E-state index contributed by atoms with van der Waals surface area (Å²) in [6, 6.07) is 0. The van der Waals surface area contributed by atoms with Crippen LogP contribution >= 0.6 is 0 Å². The zero-order valence-corrected chi connectivity index (χ0v) is 7.91. The Bertz CT molecular complexity index is 119. The number of nitrogens with one attached hydrogen (secondary N) is 1. The average Bonchev–Trinajstić information content (AvgIpc) is 2.13. The molecule has 0 radical (unpaired) electrons. The van der Waals surface area contributed by atoms with E-state index in [0.717, 1.165) is 13.1 Å². The molecule has 13 heavy (non-hydrogen) atoms. The highest BCUT2D eigenvalue weighted by atomic mass is 16.5. The lowest BCUT2D eigenvalue weighted by molar-refractivity contribution is 0.0183. The molecular formula is C9H19NO3. The second kappa shape index (κ2) is 9.67. The summed E-state index contributed by atoms with van der Waals surface area (Å²) in [5.74, 6) is 0. The van der Waals surface area contributed by atoms with Crippen LogP contribution in [0.5, 0.6) is 0 Å². The molecule has 0 aliphatic rings. The average molecular weight is 189 g/mol. The normalized spacial score (nSPS) is 12.8. The van der Waals surface area contributed by atoms with Gasteiger partial charge in [0.25, 0.3) is 0 Å². The number of hydrogen-bond acceptors (Lipinski definition) is 4. The van der Waals surface area contributed by atoms with Gasteiger partial charge < -0.3 is 20.3 Å². The third kappa shape index (κ3) is 9.49. The van der Waals surface area contributed by atoms with Crippen LogP contribution in [-0.4, -0.2) is 49.2 Å². The molecule has 4 nitrogen and oxygen atoms in total. The number of aliphatic hydroxyl groups is 2.